The van der Waals surface area contributed by atoms with Gasteiger partial charge in [0.15, 0.2) is 11.5 Å². The van der Waals surface area contributed by atoms with E-state index in [2.05, 4.69) is 10.1 Å². The maximum absolute atomic E-state index is 12.4. The second kappa shape index (κ2) is 8.62. The van der Waals surface area contributed by atoms with E-state index in [1.807, 2.05) is 51.1 Å². The number of nitrogens with zero attached hydrogens (tertiary/aromatic N) is 2. The molecule has 7 nitrogen and oxygen atoms in total. The number of rotatable bonds is 5. The Hall–Kier alpha value is -3.26. The van der Waals surface area contributed by atoms with E-state index in [0.717, 1.165) is 17.0 Å². The van der Waals surface area contributed by atoms with Gasteiger partial charge in [-0.05, 0) is 25.1 Å². The van der Waals surface area contributed by atoms with Gasteiger partial charge in [-0.25, -0.2) is 9.48 Å². The molecule has 30 heavy (non-hydrogen) atoms. The zero-order valence-electron chi connectivity index (χ0n) is 17.3. The summed E-state index contributed by atoms with van der Waals surface area (Å²) in [6, 6.07) is 9.32. The molecule has 0 atom stereocenters. The minimum atomic E-state index is -0.568. The number of Topliss-reactive ketones (excluding diaryl/α,β-unsaturated/α-hetero) is 1. The number of thiazole rings is 1. The van der Waals surface area contributed by atoms with E-state index in [4.69, 9.17) is 4.74 Å². The first-order chi connectivity index (χ1) is 14.2. The van der Waals surface area contributed by atoms with Crippen LogP contribution >= 0.6 is 11.3 Å². The Morgan fingerprint density at radius 2 is 1.93 bits per heavy atom. The molecule has 0 spiro atoms. The van der Waals surface area contributed by atoms with Gasteiger partial charge in [-0.1, -0.05) is 39.0 Å². The van der Waals surface area contributed by atoms with Gasteiger partial charge in [0.2, 0.25) is 0 Å². The van der Waals surface area contributed by atoms with Gasteiger partial charge < -0.3 is 9.72 Å². The van der Waals surface area contributed by atoms with Gasteiger partial charge in [-0.15, -0.1) is 11.3 Å². The minimum Gasteiger partial charge on any atom is -0.461 e. The molecular formula is C22H23N3O4S. The van der Waals surface area contributed by atoms with Crippen molar-refractivity contribution in [3.63, 3.8) is 0 Å². The fourth-order valence-corrected chi connectivity index (χ4v) is 3.44. The van der Waals surface area contributed by atoms with E-state index in [1.54, 1.807) is 23.9 Å². The lowest BCUT2D eigenvalue weighted by Gasteiger charge is -2.12. The number of hydrogen-bond donors (Lipinski definition) is 1. The number of esters is 1. The maximum Gasteiger partial charge on any atom is 0.359 e. The van der Waals surface area contributed by atoms with Crippen molar-refractivity contribution in [2.45, 2.75) is 27.7 Å². The number of H-pyrrole nitrogens is 1. The lowest BCUT2D eigenvalue weighted by Crippen LogP contribution is -2.22. The summed E-state index contributed by atoms with van der Waals surface area (Å²) in [6.07, 6.45) is 4.69. The van der Waals surface area contributed by atoms with Crippen LogP contribution in [0.15, 0.2) is 41.3 Å². The number of carbonyl (C=O) groups is 2. The van der Waals surface area contributed by atoms with Crippen LogP contribution in [-0.4, -0.2) is 33.1 Å². The number of benzene rings is 1. The van der Waals surface area contributed by atoms with Crippen LogP contribution in [0.4, 0.5) is 0 Å². The molecule has 0 unspecified atom stereocenters. The van der Waals surface area contributed by atoms with Crippen LogP contribution in [0.25, 0.3) is 17.8 Å². The van der Waals surface area contributed by atoms with Crippen LogP contribution in [0, 0.1) is 5.41 Å². The summed E-state index contributed by atoms with van der Waals surface area (Å²) in [6.45, 7) is 7.37. The average molecular weight is 426 g/mol. The lowest BCUT2D eigenvalue weighted by atomic mass is 9.91. The van der Waals surface area contributed by atoms with E-state index >= 15 is 0 Å². The van der Waals surface area contributed by atoms with Gasteiger partial charge in [-0.3, -0.25) is 9.59 Å². The normalized spacial score (nSPS) is 12.9. The van der Waals surface area contributed by atoms with Gasteiger partial charge in [-0.2, -0.15) is 5.10 Å². The molecular weight excluding hydrogens is 402 g/mol. The average Bonchev–Trinajstić information content (AvgIpc) is 3.26. The predicted octanol–water partition coefficient (Wildman–Crippen LogP) is 2.02. The highest BCUT2D eigenvalue weighted by molar-refractivity contribution is 7.07. The summed E-state index contributed by atoms with van der Waals surface area (Å²) in [5, 5.41) is 4.35. The van der Waals surface area contributed by atoms with Crippen LogP contribution in [0.3, 0.4) is 0 Å². The minimum absolute atomic E-state index is 0.0874. The van der Waals surface area contributed by atoms with Crippen LogP contribution < -0.4 is 14.8 Å². The monoisotopic (exact) mass is 425 g/mol. The SMILES string of the molecule is CCOC(=O)c1nn(-c2ccccc2)cc1/C=c1\s/c(=C/C(=O)C(C)(C)C)[nH]c1=O. The molecule has 0 aliphatic carbocycles. The zero-order chi connectivity index (χ0) is 21.9. The van der Waals surface area contributed by atoms with Crippen molar-refractivity contribution in [3.8, 4) is 5.69 Å². The van der Waals surface area contributed by atoms with Gasteiger partial charge in [0.05, 0.1) is 21.5 Å². The summed E-state index contributed by atoms with van der Waals surface area (Å²) in [7, 11) is 0. The lowest BCUT2D eigenvalue weighted by molar-refractivity contribution is -0.119. The largest absolute Gasteiger partial charge is 0.461 e. The van der Waals surface area contributed by atoms with Crippen molar-refractivity contribution >= 4 is 35.2 Å². The molecule has 1 N–H and O–H groups in total. The first-order valence-corrected chi connectivity index (χ1v) is 10.3. The number of aromatic amines is 1. The van der Waals surface area contributed by atoms with E-state index in [1.165, 1.54) is 6.08 Å². The summed E-state index contributed by atoms with van der Waals surface area (Å²) in [5.41, 5.74) is 0.463. The third kappa shape index (κ3) is 4.83. The first kappa shape index (κ1) is 21.4. The van der Waals surface area contributed by atoms with E-state index in [9.17, 15) is 14.4 Å². The summed E-state index contributed by atoms with van der Waals surface area (Å²) in [5.74, 6) is -0.656. The molecule has 3 rings (SSSR count). The molecule has 0 radical (unpaired) electrons. The highest BCUT2D eigenvalue weighted by Gasteiger charge is 2.19. The third-order valence-corrected chi connectivity index (χ3v) is 5.16. The van der Waals surface area contributed by atoms with Crippen LogP contribution in [0.2, 0.25) is 0 Å². The molecule has 1 aromatic carbocycles. The Kier molecular flexibility index (Phi) is 6.17. The Labute approximate surface area is 177 Å². The second-order valence-corrected chi connectivity index (χ2v) is 8.71. The zero-order valence-corrected chi connectivity index (χ0v) is 18.1. The molecule has 0 aliphatic heterocycles. The Morgan fingerprint density at radius 3 is 2.57 bits per heavy atom. The molecule has 0 amide bonds. The predicted molar refractivity (Wildman–Crippen MR) is 116 cm³/mol. The van der Waals surface area contributed by atoms with E-state index in [0.29, 0.717) is 14.8 Å². The van der Waals surface area contributed by atoms with Crippen LogP contribution in [0.5, 0.6) is 0 Å². The van der Waals surface area contributed by atoms with Crippen molar-refractivity contribution in [3.05, 3.63) is 67.3 Å². The molecule has 2 aromatic heterocycles. The smallest absolute Gasteiger partial charge is 0.359 e. The Bertz CT molecular complexity index is 1240. The molecule has 0 bridgehead atoms. The number of hydrogen-bond acceptors (Lipinski definition) is 6. The first-order valence-electron chi connectivity index (χ1n) is 9.48. The van der Waals surface area contributed by atoms with Gasteiger partial charge >= 0.3 is 5.97 Å². The number of para-hydroxylation sites is 1. The molecule has 8 heteroatoms. The number of aromatic nitrogens is 3. The van der Waals surface area contributed by atoms with E-state index < -0.39 is 11.4 Å². The van der Waals surface area contributed by atoms with Crippen molar-refractivity contribution in [1.82, 2.24) is 14.8 Å². The highest BCUT2D eigenvalue weighted by Crippen LogP contribution is 2.15. The summed E-state index contributed by atoms with van der Waals surface area (Å²) < 4.78 is 7.50. The van der Waals surface area contributed by atoms with Crippen molar-refractivity contribution in [1.29, 1.82) is 0 Å². The molecule has 0 aliphatic rings. The number of carbonyl (C=O) groups excluding carboxylic acids is 2. The van der Waals surface area contributed by atoms with Crippen molar-refractivity contribution < 1.29 is 14.3 Å². The third-order valence-electron chi connectivity index (χ3n) is 4.20. The molecule has 2 heterocycles. The quantitative estimate of drug-likeness (QED) is 0.631. The fraction of sp³-hybridized carbons (Fsp3) is 0.273. The van der Waals surface area contributed by atoms with Crippen LogP contribution in [-0.2, 0) is 9.53 Å². The highest BCUT2D eigenvalue weighted by atomic mass is 32.1. The Balaban J connectivity index is 2.12. The summed E-state index contributed by atoms with van der Waals surface area (Å²) in [4.78, 5) is 39.7. The second-order valence-electron chi connectivity index (χ2n) is 7.62. The van der Waals surface area contributed by atoms with Gasteiger partial charge in [0.25, 0.3) is 5.56 Å². The van der Waals surface area contributed by atoms with Gasteiger partial charge in [0.1, 0.15) is 0 Å². The van der Waals surface area contributed by atoms with Gasteiger partial charge in [0, 0.05) is 23.3 Å². The fourth-order valence-electron chi connectivity index (χ4n) is 2.57. The Morgan fingerprint density at radius 1 is 1.23 bits per heavy atom. The summed E-state index contributed by atoms with van der Waals surface area (Å²) >= 11 is 1.15. The maximum atomic E-state index is 12.4. The molecule has 0 saturated heterocycles. The number of ether oxygens (including phenoxy) is 1. The number of ketones is 1. The molecule has 0 fully saturated rings. The van der Waals surface area contributed by atoms with Crippen molar-refractivity contribution in [2.24, 2.45) is 5.41 Å². The van der Waals surface area contributed by atoms with E-state index in [-0.39, 0.29) is 23.6 Å². The standard InChI is InChI=1S/C22H23N3O4S/c1-5-29-21(28)19-14(13-25(24-19)15-9-7-6-8-10-15)11-16-20(27)23-18(30-16)12-17(26)22(2,3)4/h6-13H,5H2,1-4H3,(H,23,27)/b16-11-,18-12+. The molecule has 156 valence electrons. The molecule has 3 aromatic rings. The topological polar surface area (TPSA) is 94.0 Å². The van der Waals surface area contributed by atoms with Crippen LogP contribution in [0.1, 0.15) is 43.7 Å². The molecule has 0 saturated carbocycles. The number of nitrogens with one attached hydrogen (secondary N) is 1. The van der Waals surface area contributed by atoms with Crippen molar-refractivity contribution in [2.75, 3.05) is 6.61 Å².